The van der Waals surface area contributed by atoms with Crippen LogP contribution in [0.25, 0.3) is 0 Å². The first kappa shape index (κ1) is 15.4. The third-order valence-corrected chi connectivity index (χ3v) is 4.90. The summed E-state index contributed by atoms with van der Waals surface area (Å²) in [7, 11) is 0. The Bertz CT molecular complexity index is 379. The van der Waals surface area contributed by atoms with Gasteiger partial charge in [-0.1, -0.05) is 45.2 Å². The lowest BCUT2D eigenvalue weighted by Gasteiger charge is -2.34. The molecule has 1 aromatic carbocycles. The van der Waals surface area contributed by atoms with Gasteiger partial charge in [-0.3, -0.25) is 0 Å². The smallest absolute Gasteiger partial charge is 0.115 e. The molecule has 0 saturated heterocycles. The molecule has 1 unspecified atom stereocenters. The number of hydrogen-bond donors (Lipinski definition) is 2. The van der Waals surface area contributed by atoms with E-state index >= 15 is 0 Å². The molecule has 0 heterocycles. The molecule has 1 fully saturated rings. The summed E-state index contributed by atoms with van der Waals surface area (Å²) in [5, 5.41) is 13.1. The van der Waals surface area contributed by atoms with Crippen molar-refractivity contribution >= 4 is 0 Å². The Hall–Kier alpha value is -1.02. The Morgan fingerprint density at radius 3 is 2.30 bits per heavy atom. The maximum Gasteiger partial charge on any atom is 0.115 e. The van der Waals surface area contributed by atoms with Crippen molar-refractivity contribution in [2.24, 2.45) is 11.8 Å². The second-order valence-corrected chi connectivity index (χ2v) is 6.22. The number of phenolic OH excluding ortho intramolecular Hbond substituents is 1. The highest BCUT2D eigenvalue weighted by atomic mass is 16.3. The van der Waals surface area contributed by atoms with Gasteiger partial charge in [-0.15, -0.1) is 0 Å². The van der Waals surface area contributed by atoms with E-state index in [2.05, 4.69) is 31.3 Å². The molecule has 2 rings (SSSR count). The van der Waals surface area contributed by atoms with E-state index in [4.69, 9.17) is 0 Å². The molecular formula is C18H29NO. The highest BCUT2D eigenvalue weighted by molar-refractivity contribution is 5.26. The largest absolute Gasteiger partial charge is 0.508 e. The van der Waals surface area contributed by atoms with E-state index < -0.39 is 0 Å². The molecule has 0 radical (unpaired) electrons. The molecule has 112 valence electrons. The van der Waals surface area contributed by atoms with Gasteiger partial charge in [-0.2, -0.15) is 0 Å². The fraction of sp³-hybridized carbons (Fsp3) is 0.667. The minimum atomic E-state index is 0.359. The monoisotopic (exact) mass is 275 g/mol. The number of hydrogen-bond acceptors (Lipinski definition) is 2. The SMILES string of the molecule is CCNC(Cc1ccc(O)cc1)C1CCC(CC)CC1. The van der Waals surface area contributed by atoms with Crippen molar-refractivity contribution in [1.29, 1.82) is 0 Å². The molecule has 1 aliphatic rings. The Labute approximate surface area is 123 Å². The number of phenols is 1. The van der Waals surface area contributed by atoms with E-state index in [0.29, 0.717) is 11.8 Å². The van der Waals surface area contributed by atoms with Gasteiger partial charge in [0.25, 0.3) is 0 Å². The number of nitrogens with one attached hydrogen (secondary N) is 1. The molecule has 0 amide bonds. The fourth-order valence-corrected chi connectivity index (χ4v) is 3.55. The van der Waals surface area contributed by atoms with Gasteiger partial charge in [0.05, 0.1) is 0 Å². The molecule has 1 atom stereocenters. The summed E-state index contributed by atoms with van der Waals surface area (Å²) in [6.45, 7) is 5.56. The van der Waals surface area contributed by atoms with Gasteiger partial charge in [-0.05, 0) is 55.3 Å². The van der Waals surface area contributed by atoms with Gasteiger partial charge in [0.1, 0.15) is 5.75 Å². The lowest BCUT2D eigenvalue weighted by atomic mass is 9.76. The van der Waals surface area contributed by atoms with Crippen LogP contribution >= 0.6 is 0 Å². The number of rotatable bonds is 6. The van der Waals surface area contributed by atoms with E-state index in [1.54, 1.807) is 12.1 Å². The quantitative estimate of drug-likeness (QED) is 0.818. The van der Waals surface area contributed by atoms with Crippen molar-refractivity contribution in [3.63, 3.8) is 0 Å². The Balaban J connectivity index is 1.94. The van der Waals surface area contributed by atoms with E-state index in [9.17, 15) is 5.11 Å². The predicted octanol–water partition coefficient (Wildman–Crippen LogP) is 4.13. The second-order valence-electron chi connectivity index (χ2n) is 6.22. The highest BCUT2D eigenvalue weighted by Gasteiger charge is 2.26. The first-order chi connectivity index (χ1) is 9.72. The molecule has 0 aliphatic heterocycles. The molecule has 1 saturated carbocycles. The molecule has 2 heteroatoms. The summed E-state index contributed by atoms with van der Waals surface area (Å²) < 4.78 is 0. The van der Waals surface area contributed by atoms with Crippen molar-refractivity contribution in [1.82, 2.24) is 5.32 Å². The maximum atomic E-state index is 9.38. The normalized spacial score (nSPS) is 24.5. The van der Waals surface area contributed by atoms with E-state index in [-0.39, 0.29) is 0 Å². The zero-order valence-electron chi connectivity index (χ0n) is 12.9. The molecule has 0 spiro atoms. The minimum absolute atomic E-state index is 0.359. The zero-order chi connectivity index (χ0) is 14.4. The van der Waals surface area contributed by atoms with Crippen LogP contribution in [0.15, 0.2) is 24.3 Å². The first-order valence-electron chi connectivity index (χ1n) is 8.24. The topological polar surface area (TPSA) is 32.3 Å². The summed E-state index contributed by atoms with van der Waals surface area (Å²) in [6.07, 6.45) is 7.96. The predicted molar refractivity (Wildman–Crippen MR) is 85.0 cm³/mol. The van der Waals surface area contributed by atoms with Crippen LogP contribution in [0.1, 0.15) is 51.5 Å². The Morgan fingerprint density at radius 1 is 1.10 bits per heavy atom. The summed E-state index contributed by atoms with van der Waals surface area (Å²) in [4.78, 5) is 0. The van der Waals surface area contributed by atoms with Gasteiger partial charge in [-0.25, -0.2) is 0 Å². The van der Waals surface area contributed by atoms with Crippen LogP contribution in [0.2, 0.25) is 0 Å². The molecular weight excluding hydrogens is 246 g/mol. The van der Waals surface area contributed by atoms with Gasteiger partial charge in [0.15, 0.2) is 0 Å². The Morgan fingerprint density at radius 2 is 1.75 bits per heavy atom. The first-order valence-corrected chi connectivity index (χ1v) is 8.24. The minimum Gasteiger partial charge on any atom is -0.508 e. The highest BCUT2D eigenvalue weighted by Crippen LogP contribution is 2.33. The number of likely N-dealkylation sites (N-methyl/N-ethyl adjacent to an activating group) is 1. The summed E-state index contributed by atoms with van der Waals surface area (Å²) >= 11 is 0. The molecule has 20 heavy (non-hydrogen) atoms. The van der Waals surface area contributed by atoms with Crippen molar-refractivity contribution in [3.8, 4) is 5.75 Å². The molecule has 0 aromatic heterocycles. The lowest BCUT2D eigenvalue weighted by molar-refractivity contribution is 0.218. The van der Waals surface area contributed by atoms with Crippen LogP contribution in [-0.2, 0) is 6.42 Å². The molecule has 2 nitrogen and oxygen atoms in total. The van der Waals surface area contributed by atoms with Crippen molar-refractivity contribution in [2.45, 2.75) is 58.4 Å². The van der Waals surface area contributed by atoms with Crippen LogP contribution in [0.3, 0.4) is 0 Å². The summed E-state index contributed by atoms with van der Waals surface area (Å²) in [5.41, 5.74) is 1.33. The van der Waals surface area contributed by atoms with E-state index in [1.165, 1.54) is 37.7 Å². The third kappa shape index (κ3) is 4.24. The van der Waals surface area contributed by atoms with Gasteiger partial charge in [0.2, 0.25) is 0 Å². The van der Waals surface area contributed by atoms with Gasteiger partial charge >= 0.3 is 0 Å². The Kier molecular flexibility index (Phi) is 5.90. The lowest BCUT2D eigenvalue weighted by Crippen LogP contribution is -2.39. The van der Waals surface area contributed by atoms with Crippen molar-refractivity contribution in [2.75, 3.05) is 6.54 Å². The van der Waals surface area contributed by atoms with Crippen LogP contribution in [0.4, 0.5) is 0 Å². The standard InChI is InChI=1S/C18H29NO/c1-3-14-5-9-16(10-6-14)18(19-4-2)13-15-7-11-17(20)12-8-15/h7-8,11-12,14,16,18-20H,3-6,9-10,13H2,1-2H3. The summed E-state index contributed by atoms with van der Waals surface area (Å²) in [6, 6.07) is 8.29. The van der Waals surface area contributed by atoms with Gasteiger partial charge in [0, 0.05) is 6.04 Å². The van der Waals surface area contributed by atoms with Crippen molar-refractivity contribution in [3.05, 3.63) is 29.8 Å². The molecule has 2 N–H and O–H groups in total. The molecule has 1 aromatic rings. The zero-order valence-corrected chi connectivity index (χ0v) is 12.9. The number of benzene rings is 1. The second kappa shape index (κ2) is 7.68. The number of aromatic hydroxyl groups is 1. The average molecular weight is 275 g/mol. The molecule has 1 aliphatic carbocycles. The third-order valence-electron chi connectivity index (χ3n) is 4.90. The average Bonchev–Trinajstić information content (AvgIpc) is 2.49. The maximum absolute atomic E-state index is 9.38. The van der Waals surface area contributed by atoms with E-state index in [0.717, 1.165) is 24.8 Å². The van der Waals surface area contributed by atoms with E-state index in [1.807, 2.05) is 0 Å². The summed E-state index contributed by atoms with van der Waals surface area (Å²) in [5.74, 6) is 2.13. The van der Waals surface area contributed by atoms with Crippen LogP contribution < -0.4 is 5.32 Å². The van der Waals surface area contributed by atoms with Crippen LogP contribution in [0, 0.1) is 11.8 Å². The molecule has 0 bridgehead atoms. The van der Waals surface area contributed by atoms with Crippen LogP contribution in [0.5, 0.6) is 5.75 Å². The van der Waals surface area contributed by atoms with Crippen LogP contribution in [-0.4, -0.2) is 17.7 Å². The fourth-order valence-electron chi connectivity index (χ4n) is 3.55. The van der Waals surface area contributed by atoms with Crippen molar-refractivity contribution < 1.29 is 5.11 Å². The van der Waals surface area contributed by atoms with Gasteiger partial charge < -0.3 is 10.4 Å².